The van der Waals surface area contributed by atoms with Gasteiger partial charge in [-0.05, 0) is 22.5 Å². The molecule has 110 valence electrons. The third kappa shape index (κ3) is 2.35. The van der Waals surface area contributed by atoms with Crippen LogP contribution in [0.2, 0.25) is 0 Å². The predicted molar refractivity (Wildman–Crippen MR) is 79.4 cm³/mol. The van der Waals surface area contributed by atoms with Crippen LogP contribution >= 0.6 is 0 Å². The average Bonchev–Trinajstić information content (AvgIpc) is 2.46. The highest BCUT2D eigenvalue weighted by atomic mass is 16.6. The van der Waals surface area contributed by atoms with Crippen molar-refractivity contribution in [1.29, 1.82) is 0 Å². The van der Waals surface area contributed by atoms with Gasteiger partial charge in [0.05, 0.1) is 5.56 Å². The van der Waals surface area contributed by atoms with E-state index in [2.05, 4.69) is 47.6 Å². The number of rotatable bonds is 0. The van der Waals surface area contributed by atoms with Crippen LogP contribution in [0.4, 0.5) is 0 Å². The van der Waals surface area contributed by atoms with Gasteiger partial charge in [-0.1, -0.05) is 47.6 Å². The van der Waals surface area contributed by atoms with Gasteiger partial charge in [0.2, 0.25) is 5.78 Å². The molecule has 0 fully saturated rings. The van der Waals surface area contributed by atoms with Gasteiger partial charge >= 0.3 is 0 Å². The van der Waals surface area contributed by atoms with Gasteiger partial charge in [0, 0.05) is 12.5 Å². The van der Waals surface area contributed by atoms with E-state index in [0.29, 0.717) is 11.3 Å². The first kappa shape index (κ1) is 15.0. The van der Waals surface area contributed by atoms with E-state index in [4.69, 9.17) is 4.74 Å². The maximum absolute atomic E-state index is 12.3. The first-order valence-electron chi connectivity index (χ1n) is 6.99. The fourth-order valence-electron chi connectivity index (χ4n) is 2.39. The van der Waals surface area contributed by atoms with Crippen LogP contribution in [0.5, 0.6) is 5.75 Å². The monoisotopic (exact) mass is 276 g/mol. The largest absolute Gasteiger partial charge is 0.454 e. The van der Waals surface area contributed by atoms with Crippen molar-refractivity contribution in [2.24, 2.45) is 0 Å². The molecule has 0 spiro atoms. The van der Waals surface area contributed by atoms with E-state index in [1.165, 1.54) is 6.92 Å². The molecule has 1 N–H and O–H groups in total. The van der Waals surface area contributed by atoms with Crippen LogP contribution in [0, 0.1) is 0 Å². The van der Waals surface area contributed by atoms with Crippen LogP contribution in [-0.4, -0.2) is 16.7 Å². The fourth-order valence-corrected chi connectivity index (χ4v) is 2.39. The van der Waals surface area contributed by atoms with E-state index < -0.39 is 5.79 Å². The van der Waals surface area contributed by atoms with E-state index in [1.54, 1.807) is 0 Å². The van der Waals surface area contributed by atoms with Crippen molar-refractivity contribution in [1.82, 2.24) is 0 Å². The molecular weight excluding hydrogens is 252 g/mol. The minimum Gasteiger partial charge on any atom is -0.454 e. The fraction of sp³-hybridized carbons (Fsp3) is 0.588. The van der Waals surface area contributed by atoms with E-state index in [0.717, 1.165) is 11.1 Å². The topological polar surface area (TPSA) is 46.5 Å². The lowest BCUT2D eigenvalue weighted by atomic mass is 9.78. The second-order valence-electron chi connectivity index (χ2n) is 7.81. The first-order valence-corrected chi connectivity index (χ1v) is 6.99. The number of fused-ring (bicyclic) bond motifs is 1. The second-order valence-corrected chi connectivity index (χ2v) is 7.81. The summed E-state index contributed by atoms with van der Waals surface area (Å²) in [7, 11) is 0. The molecule has 1 atom stereocenters. The van der Waals surface area contributed by atoms with Crippen LogP contribution in [-0.2, 0) is 10.8 Å². The summed E-state index contributed by atoms with van der Waals surface area (Å²) in [5, 5.41) is 10.1. The Hall–Kier alpha value is -1.35. The molecule has 1 aliphatic rings. The van der Waals surface area contributed by atoms with Crippen molar-refractivity contribution in [2.45, 2.75) is 65.1 Å². The molecule has 0 bridgehead atoms. The van der Waals surface area contributed by atoms with Crippen molar-refractivity contribution in [3.8, 4) is 5.75 Å². The molecule has 20 heavy (non-hydrogen) atoms. The molecule has 3 heteroatoms. The highest BCUT2D eigenvalue weighted by Crippen LogP contribution is 2.44. The lowest BCUT2D eigenvalue weighted by Crippen LogP contribution is -2.35. The molecule has 0 aliphatic carbocycles. The van der Waals surface area contributed by atoms with Crippen LogP contribution in [0.15, 0.2) is 12.1 Å². The number of Topliss-reactive ketones (excluding diaryl/α,β-unsaturated/α-hetero) is 1. The van der Waals surface area contributed by atoms with E-state index >= 15 is 0 Å². The molecule has 0 radical (unpaired) electrons. The zero-order valence-corrected chi connectivity index (χ0v) is 13.4. The lowest BCUT2D eigenvalue weighted by molar-refractivity contribution is -0.0755. The van der Waals surface area contributed by atoms with Crippen LogP contribution < -0.4 is 4.74 Å². The average molecular weight is 276 g/mol. The molecule has 0 saturated heterocycles. The maximum Gasteiger partial charge on any atom is 0.270 e. The molecule has 1 aromatic carbocycles. The molecule has 2 rings (SSSR count). The Kier molecular flexibility index (Phi) is 3.07. The number of carbonyl (C=O) groups excluding carboxylic acids is 1. The number of ketones is 1. The summed E-state index contributed by atoms with van der Waals surface area (Å²) in [5.74, 6) is -1.58. The molecule has 1 aliphatic heterocycles. The molecule has 1 aromatic rings. The Morgan fingerprint density at radius 3 is 2.05 bits per heavy atom. The normalized spacial score (nSPS) is 22.7. The second kappa shape index (κ2) is 4.08. The number of hydrogen-bond donors (Lipinski definition) is 1. The third-order valence-electron chi connectivity index (χ3n) is 3.73. The van der Waals surface area contributed by atoms with Gasteiger partial charge < -0.3 is 9.84 Å². The van der Waals surface area contributed by atoms with Gasteiger partial charge in [-0.3, -0.25) is 4.79 Å². The van der Waals surface area contributed by atoms with Gasteiger partial charge in [0.25, 0.3) is 5.79 Å². The van der Waals surface area contributed by atoms with Crippen molar-refractivity contribution >= 4 is 5.78 Å². The Balaban J connectivity index is 2.75. The SMILES string of the molecule is CC(C)(C)c1cc2c(c(C(C)(C)C)c1)O[C@@](C)(O)C2=O. The summed E-state index contributed by atoms with van der Waals surface area (Å²) in [5.41, 5.74) is 2.31. The van der Waals surface area contributed by atoms with Crippen LogP contribution in [0.3, 0.4) is 0 Å². The smallest absolute Gasteiger partial charge is 0.270 e. The summed E-state index contributed by atoms with van der Waals surface area (Å²) in [4.78, 5) is 12.3. The number of ether oxygens (including phenoxy) is 1. The van der Waals surface area contributed by atoms with Crippen molar-refractivity contribution in [2.75, 3.05) is 0 Å². The summed E-state index contributed by atoms with van der Waals surface area (Å²) < 4.78 is 5.54. The molecular formula is C17H24O3. The summed E-state index contributed by atoms with van der Waals surface area (Å²) >= 11 is 0. The minimum atomic E-state index is -1.75. The first-order chi connectivity index (χ1) is 8.84. The van der Waals surface area contributed by atoms with E-state index in [9.17, 15) is 9.90 Å². The summed E-state index contributed by atoms with van der Waals surface area (Å²) in [6, 6.07) is 3.95. The van der Waals surface area contributed by atoms with Crippen molar-refractivity contribution < 1.29 is 14.6 Å². The van der Waals surface area contributed by atoms with Gasteiger partial charge in [-0.25, -0.2) is 0 Å². The van der Waals surface area contributed by atoms with Gasteiger partial charge in [-0.2, -0.15) is 0 Å². The van der Waals surface area contributed by atoms with E-state index in [1.807, 2.05) is 6.07 Å². The minimum absolute atomic E-state index is 0.0657. The molecule has 0 aromatic heterocycles. The number of aliphatic hydroxyl groups is 1. The Morgan fingerprint density at radius 1 is 1.05 bits per heavy atom. The maximum atomic E-state index is 12.3. The highest BCUT2D eigenvalue weighted by Gasteiger charge is 2.45. The van der Waals surface area contributed by atoms with Gasteiger partial charge in [0.1, 0.15) is 5.75 Å². The molecule has 3 nitrogen and oxygen atoms in total. The van der Waals surface area contributed by atoms with Crippen LogP contribution in [0.1, 0.15) is 70.0 Å². The highest BCUT2D eigenvalue weighted by molar-refractivity contribution is 6.06. The number of hydrogen-bond acceptors (Lipinski definition) is 3. The molecule has 0 saturated carbocycles. The van der Waals surface area contributed by atoms with Crippen molar-refractivity contribution in [3.63, 3.8) is 0 Å². The standard InChI is InChI=1S/C17H24O3/c1-15(2,3)10-8-11-13(12(9-10)16(4,5)6)20-17(7,19)14(11)18/h8-9,19H,1-7H3/t17-/m1/s1. The quantitative estimate of drug-likeness (QED) is 0.788. The zero-order chi connectivity index (χ0) is 15.5. The summed E-state index contributed by atoms with van der Waals surface area (Å²) in [6.07, 6.45) is 0. The predicted octanol–water partition coefficient (Wildman–Crippen LogP) is 3.57. The summed E-state index contributed by atoms with van der Waals surface area (Å²) in [6.45, 7) is 14.0. The number of benzene rings is 1. The van der Waals surface area contributed by atoms with Gasteiger partial charge in [0.15, 0.2) is 0 Å². The Morgan fingerprint density at radius 2 is 1.60 bits per heavy atom. The molecule has 0 amide bonds. The van der Waals surface area contributed by atoms with Gasteiger partial charge in [-0.15, -0.1) is 0 Å². The Bertz CT molecular complexity index is 569. The molecule has 0 unspecified atom stereocenters. The van der Waals surface area contributed by atoms with E-state index in [-0.39, 0.29) is 16.6 Å². The number of carbonyl (C=O) groups is 1. The van der Waals surface area contributed by atoms with Crippen molar-refractivity contribution in [3.05, 3.63) is 28.8 Å². The lowest BCUT2D eigenvalue weighted by Gasteiger charge is -2.27. The third-order valence-corrected chi connectivity index (χ3v) is 3.73. The molecule has 1 heterocycles. The van der Waals surface area contributed by atoms with Crippen LogP contribution in [0.25, 0.3) is 0 Å². The Labute approximate surface area is 121 Å². The zero-order valence-electron chi connectivity index (χ0n) is 13.4.